The van der Waals surface area contributed by atoms with E-state index in [1.807, 2.05) is 73.7 Å². The van der Waals surface area contributed by atoms with Gasteiger partial charge in [0.05, 0.1) is 6.61 Å². The van der Waals surface area contributed by atoms with Gasteiger partial charge in [-0.2, -0.15) is 0 Å². The number of fused-ring (bicyclic) bond motifs is 1. The van der Waals surface area contributed by atoms with Crippen LogP contribution in [-0.4, -0.2) is 18.5 Å². The highest BCUT2D eigenvalue weighted by molar-refractivity contribution is 6.13. The second-order valence-electron chi connectivity index (χ2n) is 5.83. The van der Waals surface area contributed by atoms with Crippen molar-refractivity contribution in [2.45, 2.75) is 6.92 Å². The molecule has 0 saturated carbocycles. The van der Waals surface area contributed by atoms with Crippen molar-refractivity contribution in [2.24, 2.45) is 4.99 Å². The van der Waals surface area contributed by atoms with Crippen LogP contribution in [-0.2, 0) is 9.53 Å². The number of carbonyl (C=O) groups excluding carboxylic acids is 1. The Hall–Kier alpha value is -3.40. The van der Waals surface area contributed by atoms with Crippen molar-refractivity contribution in [2.75, 3.05) is 6.61 Å². The number of aliphatic imine (C=N–C) groups is 1. The lowest BCUT2D eigenvalue weighted by molar-refractivity contribution is -0.129. The summed E-state index contributed by atoms with van der Waals surface area (Å²) in [6.07, 6.45) is 1.76. The predicted molar refractivity (Wildman–Crippen MR) is 102 cm³/mol. The van der Waals surface area contributed by atoms with Crippen LogP contribution in [0.3, 0.4) is 0 Å². The van der Waals surface area contributed by atoms with Crippen molar-refractivity contribution < 1.29 is 14.3 Å². The molecule has 0 spiro atoms. The van der Waals surface area contributed by atoms with Crippen LogP contribution in [0.5, 0.6) is 5.75 Å². The lowest BCUT2D eigenvalue weighted by Gasteiger charge is -2.09. The lowest BCUT2D eigenvalue weighted by Crippen LogP contribution is -2.04. The van der Waals surface area contributed by atoms with Gasteiger partial charge in [0.25, 0.3) is 0 Å². The van der Waals surface area contributed by atoms with Gasteiger partial charge in [-0.1, -0.05) is 48.5 Å². The Balaban J connectivity index is 1.78. The maximum atomic E-state index is 12.2. The second-order valence-corrected chi connectivity index (χ2v) is 5.83. The first-order valence-electron chi connectivity index (χ1n) is 8.49. The molecule has 3 aromatic carbocycles. The van der Waals surface area contributed by atoms with Crippen molar-refractivity contribution in [3.8, 4) is 5.75 Å². The van der Waals surface area contributed by atoms with Crippen LogP contribution in [0, 0.1) is 0 Å². The fourth-order valence-corrected chi connectivity index (χ4v) is 2.96. The van der Waals surface area contributed by atoms with Gasteiger partial charge in [0.2, 0.25) is 5.90 Å². The van der Waals surface area contributed by atoms with E-state index in [0.29, 0.717) is 12.5 Å². The quantitative estimate of drug-likeness (QED) is 0.514. The minimum Gasteiger partial charge on any atom is -0.493 e. The molecule has 3 aromatic rings. The SMILES string of the molecule is CCOc1ccc(C=C2N=C(c3ccccc3)OC2=O)c2ccccc12. The Morgan fingerprint density at radius 3 is 2.46 bits per heavy atom. The standard InChI is InChI=1S/C22H17NO3/c1-2-25-20-13-12-16(17-10-6-7-11-18(17)20)14-19-22(24)26-21(23-19)15-8-4-3-5-9-15/h3-14H,2H2,1H3. The molecule has 0 aromatic heterocycles. The molecule has 4 nitrogen and oxygen atoms in total. The van der Waals surface area contributed by atoms with Crippen LogP contribution < -0.4 is 4.74 Å². The molecule has 0 atom stereocenters. The molecule has 1 aliphatic rings. The van der Waals surface area contributed by atoms with Crippen molar-refractivity contribution in [1.29, 1.82) is 0 Å². The van der Waals surface area contributed by atoms with Gasteiger partial charge in [-0.3, -0.25) is 0 Å². The normalized spacial score (nSPS) is 15.2. The molecule has 0 N–H and O–H groups in total. The smallest absolute Gasteiger partial charge is 0.363 e. The molecule has 0 radical (unpaired) electrons. The third-order valence-electron chi connectivity index (χ3n) is 4.15. The molecule has 1 aliphatic heterocycles. The van der Waals surface area contributed by atoms with Gasteiger partial charge in [-0.05, 0) is 42.1 Å². The Labute approximate surface area is 151 Å². The lowest BCUT2D eigenvalue weighted by atomic mass is 10.0. The highest BCUT2D eigenvalue weighted by Crippen LogP contribution is 2.30. The summed E-state index contributed by atoms with van der Waals surface area (Å²) >= 11 is 0. The number of hydrogen-bond donors (Lipinski definition) is 0. The molecule has 128 valence electrons. The van der Waals surface area contributed by atoms with Gasteiger partial charge in [0, 0.05) is 10.9 Å². The molecule has 0 amide bonds. The maximum Gasteiger partial charge on any atom is 0.363 e. The number of esters is 1. The van der Waals surface area contributed by atoms with E-state index in [1.165, 1.54) is 0 Å². The number of rotatable bonds is 4. The van der Waals surface area contributed by atoms with Crippen molar-refractivity contribution >= 4 is 28.7 Å². The van der Waals surface area contributed by atoms with E-state index in [-0.39, 0.29) is 5.70 Å². The van der Waals surface area contributed by atoms with Gasteiger partial charge in [-0.25, -0.2) is 9.79 Å². The second kappa shape index (κ2) is 6.84. The number of hydrogen-bond acceptors (Lipinski definition) is 4. The fraction of sp³-hybridized carbons (Fsp3) is 0.0909. The molecule has 26 heavy (non-hydrogen) atoms. The Morgan fingerprint density at radius 1 is 0.962 bits per heavy atom. The minimum atomic E-state index is -0.443. The average molecular weight is 343 g/mol. The number of cyclic esters (lactones) is 1. The summed E-state index contributed by atoms with van der Waals surface area (Å²) in [6, 6.07) is 21.2. The number of ether oxygens (including phenoxy) is 2. The van der Waals surface area contributed by atoms with Gasteiger partial charge in [0.1, 0.15) is 5.75 Å². The zero-order valence-electron chi connectivity index (χ0n) is 14.3. The largest absolute Gasteiger partial charge is 0.493 e. The van der Waals surface area contributed by atoms with E-state index >= 15 is 0 Å². The minimum absolute atomic E-state index is 0.290. The highest BCUT2D eigenvalue weighted by Gasteiger charge is 2.24. The predicted octanol–water partition coefficient (Wildman–Crippen LogP) is 4.58. The third kappa shape index (κ3) is 2.97. The van der Waals surface area contributed by atoms with E-state index in [2.05, 4.69) is 4.99 Å². The van der Waals surface area contributed by atoms with Gasteiger partial charge < -0.3 is 9.47 Å². The first-order chi connectivity index (χ1) is 12.8. The first kappa shape index (κ1) is 16.1. The van der Waals surface area contributed by atoms with Crippen molar-refractivity contribution in [1.82, 2.24) is 0 Å². The van der Waals surface area contributed by atoms with E-state index < -0.39 is 5.97 Å². The van der Waals surface area contributed by atoms with Crippen LogP contribution in [0.2, 0.25) is 0 Å². The molecule has 4 rings (SSSR count). The molecule has 0 saturated heterocycles. The number of carbonyl (C=O) groups is 1. The van der Waals surface area contributed by atoms with E-state index in [1.54, 1.807) is 6.08 Å². The van der Waals surface area contributed by atoms with Gasteiger partial charge >= 0.3 is 5.97 Å². The molecule has 1 heterocycles. The summed E-state index contributed by atoms with van der Waals surface area (Å²) in [5, 5.41) is 2.00. The monoisotopic (exact) mass is 343 g/mol. The summed E-state index contributed by atoms with van der Waals surface area (Å²) in [5.74, 6) is 0.714. The maximum absolute atomic E-state index is 12.2. The summed E-state index contributed by atoms with van der Waals surface area (Å²) in [4.78, 5) is 16.6. The highest BCUT2D eigenvalue weighted by atomic mass is 16.6. The Morgan fingerprint density at radius 2 is 1.69 bits per heavy atom. The van der Waals surface area contributed by atoms with Crippen molar-refractivity contribution in [3.05, 3.63) is 83.6 Å². The van der Waals surface area contributed by atoms with Crippen molar-refractivity contribution in [3.63, 3.8) is 0 Å². The molecular weight excluding hydrogens is 326 g/mol. The zero-order chi connectivity index (χ0) is 17.9. The van der Waals surface area contributed by atoms with Crippen LogP contribution in [0.25, 0.3) is 16.8 Å². The number of nitrogens with zero attached hydrogens (tertiary/aromatic N) is 1. The van der Waals surface area contributed by atoms with Crippen LogP contribution >= 0.6 is 0 Å². The first-order valence-corrected chi connectivity index (χ1v) is 8.49. The Kier molecular flexibility index (Phi) is 4.23. The summed E-state index contributed by atoms with van der Waals surface area (Å²) < 4.78 is 11.0. The molecule has 0 aliphatic carbocycles. The van der Waals surface area contributed by atoms with Gasteiger partial charge in [-0.15, -0.1) is 0 Å². The van der Waals surface area contributed by atoms with E-state index in [0.717, 1.165) is 27.6 Å². The average Bonchev–Trinajstić information content (AvgIpc) is 3.05. The van der Waals surface area contributed by atoms with E-state index in [9.17, 15) is 4.79 Å². The summed E-state index contributed by atoms with van der Waals surface area (Å²) in [5.41, 5.74) is 1.97. The Bertz CT molecular complexity index is 1040. The van der Waals surface area contributed by atoms with Crippen LogP contribution in [0.15, 0.2) is 77.4 Å². The van der Waals surface area contributed by atoms with E-state index in [4.69, 9.17) is 9.47 Å². The summed E-state index contributed by atoms with van der Waals surface area (Å²) in [6.45, 7) is 2.56. The fourth-order valence-electron chi connectivity index (χ4n) is 2.96. The third-order valence-corrected chi connectivity index (χ3v) is 4.15. The molecular formula is C22H17NO3. The number of benzene rings is 3. The van der Waals surface area contributed by atoms with Crippen LogP contribution in [0.4, 0.5) is 0 Å². The van der Waals surface area contributed by atoms with Gasteiger partial charge in [0.15, 0.2) is 5.70 Å². The molecule has 0 fully saturated rings. The molecule has 0 bridgehead atoms. The van der Waals surface area contributed by atoms with Crippen LogP contribution in [0.1, 0.15) is 18.1 Å². The molecule has 0 unspecified atom stereocenters. The topological polar surface area (TPSA) is 47.9 Å². The summed E-state index contributed by atoms with van der Waals surface area (Å²) in [7, 11) is 0. The molecule has 4 heteroatoms. The zero-order valence-corrected chi connectivity index (χ0v) is 14.3.